The zero-order chi connectivity index (χ0) is 28.9. The van der Waals surface area contributed by atoms with Gasteiger partial charge in [-0.25, -0.2) is 4.98 Å². The van der Waals surface area contributed by atoms with Crippen molar-refractivity contribution < 1.29 is 9.84 Å². The molecule has 4 atom stereocenters. The second-order valence-electron chi connectivity index (χ2n) is 13.3. The van der Waals surface area contributed by atoms with Gasteiger partial charge in [0.1, 0.15) is 23.3 Å². The molecule has 5 aliphatic heterocycles. The number of pyridine rings is 1. The number of ether oxygens (including phenoxy) is 1. The van der Waals surface area contributed by atoms with Gasteiger partial charge < -0.3 is 20.1 Å². The summed E-state index contributed by atoms with van der Waals surface area (Å²) in [5, 5.41) is 17.3. The monoisotopic (exact) mass is 595 g/mol. The number of hydrogen-bond acceptors (Lipinski definition) is 9. The van der Waals surface area contributed by atoms with Crippen molar-refractivity contribution in [2.24, 2.45) is 10.9 Å². The maximum atomic E-state index is 10.7. The van der Waals surface area contributed by atoms with Gasteiger partial charge in [0.25, 0.3) is 0 Å². The number of aromatic nitrogens is 3. The van der Waals surface area contributed by atoms with Crippen molar-refractivity contribution in [1.82, 2.24) is 25.2 Å². The van der Waals surface area contributed by atoms with E-state index in [1.807, 2.05) is 24.4 Å². The quantitative estimate of drug-likeness (QED) is 0.264. The van der Waals surface area contributed by atoms with Gasteiger partial charge in [-0.05, 0) is 68.2 Å². The number of hydrogen-bond donors (Lipinski definition) is 2. The van der Waals surface area contributed by atoms with E-state index >= 15 is 0 Å². The Morgan fingerprint density at radius 2 is 1.95 bits per heavy atom. The van der Waals surface area contributed by atoms with E-state index in [-0.39, 0.29) is 11.3 Å². The Hall–Kier alpha value is -3.53. The molecule has 10 heteroatoms. The van der Waals surface area contributed by atoms with Crippen molar-refractivity contribution in [2.45, 2.75) is 56.7 Å². The molecule has 0 spiro atoms. The Balaban J connectivity index is 1.23. The largest absolute Gasteiger partial charge is 0.508 e. The van der Waals surface area contributed by atoms with Crippen molar-refractivity contribution in [3.8, 4) is 23.0 Å². The van der Waals surface area contributed by atoms with E-state index in [4.69, 9.17) is 36.3 Å². The van der Waals surface area contributed by atoms with Crippen molar-refractivity contribution in [3.63, 3.8) is 0 Å². The lowest BCUT2D eigenvalue weighted by atomic mass is 9.92. The number of aromatic hydroxyl groups is 1. The fraction of sp³-hybridized carbons (Fsp3) is 0.455. The number of nitrogens with zero attached hydrogens (tertiary/aromatic N) is 6. The molecule has 4 saturated heterocycles. The van der Waals surface area contributed by atoms with Crippen LogP contribution in [0, 0.1) is 5.92 Å². The standard InChI is InChI=1S/C33H34ClN7O2/c1-18-12-33(8-3-9-41(33)14-18)17-43-32-38-29-24-13-35-25-5-2-4-19-10-22(42)11-23(26(19)25)28(24)37-30(34)27(29)31(39-32)40-15-20-6-7-21(16-40)36-20/h2,4-5,10-11,13,18,20-21,36,42H,3,6-9,12,14-17H2,1H3/t18-,20?,21?,33+/m1/s1. The summed E-state index contributed by atoms with van der Waals surface area (Å²) in [6, 6.07) is 10.6. The maximum Gasteiger partial charge on any atom is 0.319 e. The Morgan fingerprint density at radius 3 is 2.81 bits per heavy atom. The summed E-state index contributed by atoms with van der Waals surface area (Å²) >= 11 is 7.09. The lowest BCUT2D eigenvalue weighted by Gasteiger charge is -2.35. The van der Waals surface area contributed by atoms with Crippen LogP contribution in [0.15, 0.2) is 35.3 Å². The summed E-state index contributed by atoms with van der Waals surface area (Å²) in [4.78, 5) is 24.9. The minimum atomic E-state index is 0.0507. The molecule has 2 bridgehead atoms. The number of piperazine rings is 1. The van der Waals surface area contributed by atoms with Crippen molar-refractivity contribution >= 4 is 51.0 Å². The molecule has 0 aliphatic carbocycles. The van der Waals surface area contributed by atoms with Crippen LogP contribution in [0.5, 0.6) is 11.8 Å². The number of anilines is 1. The number of nitrogens with one attached hydrogen (secondary N) is 1. The van der Waals surface area contributed by atoms with Gasteiger partial charge >= 0.3 is 6.01 Å². The highest BCUT2D eigenvalue weighted by molar-refractivity contribution is 6.36. The van der Waals surface area contributed by atoms with Gasteiger partial charge in [0, 0.05) is 54.4 Å². The van der Waals surface area contributed by atoms with Gasteiger partial charge in [0.05, 0.1) is 27.8 Å². The lowest BCUT2D eigenvalue weighted by molar-refractivity contribution is 0.107. The highest BCUT2D eigenvalue weighted by Crippen LogP contribution is 2.45. The average molecular weight is 596 g/mol. The highest BCUT2D eigenvalue weighted by Gasteiger charge is 2.48. The van der Waals surface area contributed by atoms with E-state index in [2.05, 4.69) is 22.0 Å². The van der Waals surface area contributed by atoms with Crippen LogP contribution in [0.25, 0.3) is 32.9 Å². The first-order chi connectivity index (χ1) is 20.9. The lowest BCUT2D eigenvalue weighted by Crippen LogP contribution is -2.51. The molecule has 7 heterocycles. The van der Waals surface area contributed by atoms with E-state index in [9.17, 15) is 5.11 Å². The number of benzene rings is 2. The minimum absolute atomic E-state index is 0.0507. The van der Waals surface area contributed by atoms with Crippen LogP contribution in [-0.2, 0) is 0 Å². The second kappa shape index (κ2) is 9.48. The van der Waals surface area contributed by atoms with E-state index in [1.165, 1.54) is 6.42 Å². The van der Waals surface area contributed by atoms with Crippen LogP contribution in [0.4, 0.5) is 11.5 Å². The maximum absolute atomic E-state index is 10.7. The summed E-state index contributed by atoms with van der Waals surface area (Å²) in [5.41, 5.74) is 3.72. The van der Waals surface area contributed by atoms with Crippen LogP contribution >= 0.6 is 11.6 Å². The molecule has 0 saturated carbocycles. The molecule has 2 unspecified atom stereocenters. The molecule has 43 heavy (non-hydrogen) atoms. The third kappa shape index (κ3) is 4.05. The predicted molar refractivity (Wildman–Crippen MR) is 169 cm³/mol. The first-order valence-corrected chi connectivity index (χ1v) is 15.9. The van der Waals surface area contributed by atoms with Gasteiger partial charge in [-0.15, -0.1) is 0 Å². The van der Waals surface area contributed by atoms with Crippen LogP contribution < -0.4 is 15.0 Å². The van der Waals surface area contributed by atoms with Gasteiger partial charge in [0.15, 0.2) is 0 Å². The van der Waals surface area contributed by atoms with Crippen molar-refractivity contribution in [3.05, 3.63) is 41.0 Å². The summed E-state index contributed by atoms with van der Waals surface area (Å²) in [5.74, 6) is 1.60. The minimum Gasteiger partial charge on any atom is -0.508 e. The number of fused-ring (bicyclic) bond motifs is 7. The topological polar surface area (TPSA) is 99.0 Å². The number of halogens is 1. The summed E-state index contributed by atoms with van der Waals surface area (Å²) < 4.78 is 6.60. The number of rotatable bonds is 4. The molecule has 9 rings (SSSR count). The molecule has 4 aromatic rings. The zero-order valence-electron chi connectivity index (χ0n) is 24.2. The summed E-state index contributed by atoms with van der Waals surface area (Å²) in [6.45, 7) is 6.85. The Labute approximate surface area is 254 Å². The molecule has 5 aliphatic rings. The third-order valence-corrected chi connectivity index (χ3v) is 10.6. The van der Waals surface area contributed by atoms with Gasteiger partial charge in [-0.3, -0.25) is 9.89 Å². The van der Waals surface area contributed by atoms with Crippen molar-refractivity contribution in [2.75, 3.05) is 37.7 Å². The van der Waals surface area contributed by atoms with Crippen LogP contribution in [0.2, 0.25) is 5.15 Å². The summed E-state index contributed by atoms with van der Waals surface area (Å²) in [7, 11) is 0. The molecule has 220 valence electrons. The number of phenols is 1. The van der Waals surface area contributed by atoms with Gasteiger partial charge in [-0.2, -0.15) is 9.97 Å². The molecule has 2 N–H and O–H groups in total. The second-order valence-corrected chi connectivity index (χ2v) is 13.6. The predicted octanol–water partition coefficient (Wildman–Crippen LogP) is 5.46. The number of aliphatic imine (C=N–C) groups is 1. The smallest absolute Gasteiger partial charge is 0.319 e. The van der Waals surface area contributed by atoms with Gasteiger partial charge in [-0.1, -0.05) is 30.7 Å². The van der Waals surface area contributed by atoms with Crippen LogP contribution in [-0.4, -0.2) is 81.6 Å². The fourth-order valence-corrected chi connectivity index (χ4v) is 8.83. The summed E-state index contributed by atoms with van der Waals surface area (Å²) in [6.07, 6.45) is 7.63. The fourth-order valence-electron chi connectivity index (χ4n) is 8.57. The molecule has 9 nitrogen and oxygen atoms in total. The molecule has 4 fully saturated rings. The molecular formula is C33H34ClN7O2. The Kier molecular flexibility index (Phi) is 5.72. The first-order valence-electron chi connectivity index (χ1n) is 15.5. The Bertz CT molecular complexity index is 1830. The SMILES string of the molecule is C[C@H]1CN2CCC[C@@]2(COc2nc(N3CC4CCC(C3)N4)c3c(Cl)nc4c(c3n2)C=Nc2cccc3cc(O)cc-4c23)C1. The third-order valence-electron chi connectivity index (χ3n) is 10.3. The molecular weight excluding hydrogens is 562 g/mol. The van der Waals surface area contributed by atoms with Crippen LogP contribution in [0.3, 0.4) is 0 Å². The van der Waals surface area contributed by atoms with E-state index in [1.54, 1.807) is 12.1 Å². The van der Waals surface area contributed by atoms with Crippen molar-refractivity contribution in [1.29, 1.82) is 0 Å². The zero-order valence-corrected chi connectivity index (χ0v) is 24.9. The molecule has 2 aromatic heterocycles. The molecule has 0 radical (unpaired) electrons. The van der Waals surface area contributed by atoms with E-state index in [0.717, 1.165) is 90.7 Å². The molecule has 0 amide bonds. The average Bonchev–Trinajstić information content (AvgIpc) is 3.60. The first kappa shape index (κ1) is 25.9. The number of phenolic OH excluding ortho intramolecular Hbond substituents is 1. The molecule has 2 aromatic carbocycles. The Morgan fingerprint density at radius 1 is 1.09 bits per heavy atom. The van der Waals surface area contributed by atoms with E-state index in [0.29, 0.717) is 47.0 Å². The van der Waals surface area contributed by atoms with E-state index < -0.39 is 0 Å². The normalized spacial score (nSPS) is 27.6. The highest BCUT2D eigenvalue weighted by atomic mass is 35.5. The van der Waals surface area contributed by atoms with Crippen LogP contribution in [0.1, 0.15) is 44.6 Å². The van der Waals surface area contributed by atoms with Gasteiger partial charge in [0.2, 0.25) is 0 Å².